The third kappa shape index (κ3) is 3.63. The molecule has 1 amide bonds. The zero-order valence-corrected chi connectivity index (χ0v) is 15.9. The molecule has 4 rings (SSSR count). The molecule has 2 heterocycles. The number of thiazole rings is 1. The highest BCUT2D eigenvalue weighted by molar-refractivity contribution is 7.16. The number of rotatable bonds is 5. The van der Waals surface area contributed by atoms with Crippen molar-refractivity contribution in [1.29, 1.82) is 0 Å². The van der Waals surface area contributed by atoms with Crippen LogP contribution in [0, 0.1) is 5.82 Å². The molecule has 0 fully saturated rings. The van der Waals surface area contributed by atoms with Gasteiger partial charge in [-0.3, -0.25) is 4.79 Å². The van der Waals surface area contributed by atoms with E-state index in [1.165, 1.54) is 23.5 Å². The number of nitrogens with zero attached hydrogens (tertiary/aromatic N) is 1. The molecule has 0 saturated carbocycles. The molecule has 3 N–H and O–H groups in total. The van der Waals surface area contributed by atoms with E-state index in [0.717, 1.165) is 10.4 Å². The molecule has 0 unspecified atom stereocenters. The normalized spacial score (nSPS) is 15.6. The lowest BCUT2D eigenvalue weighted by molar-refractivity contribution is -0.116. The number of amides is 1. The molecule has 1 atom stereocenters. The number of carbonyl (C=O) groups is 1. The zero-order chi connectivity index (χ0) is 19.7. The van der Waals surface area contributed by atoms with Crippen molar-refractivity contribution in [2.75, 3.05) is 18.2 Å². The van der Waals surface area contributed by atoms with Crippen LogP contribution in [-0.4, -0.2) is 18.0 Å². The van der Waals surface area contributed by atoms with Crippen LogP contribution in [-0.2, 0) is 11.4 Å². The summed E-state index contributed by atoms with van der Waals surface area (Å²) in [7, 11) is 1.56. The fourth-order valence-corrected chi connectivity index (χ4v) is 4.13. The molecule has 0 saturated heterocycles. The minimum Gasteiger partial charge on any atom is -0.493 e. The Labute approximate surface area is 165 Å². The predicted octanol–water partition coefficient (Wildman–Crippen LogP) is 3.93. The number of aromatic nitrogens is 1. The fourth-order valence-electron chi connectivity index (χ4n) is 3.22. The van der Waals surface area contributed by atoms with Gasteiger partial charge in [-0.25, -0.2) is 9.37 Å². The summed E-state index contributed by atoms with van der Waals surface area (Å²) >= 11 is 1.36. The molecule has 1 aromatic heterocycles. The minimum absolute atomic E-state index is 0.110. The van der Waals surface area contributed by atoms with Crippen LogP contribution in [0.1, 0.15) is 28.3 Å². The Kier molecular flexibility index (Phi) is 4.87. The summed E-state index contributed by atoms with van der Waals surface area (Å²) in [6.07, 6.45) is 0.296. The molecule has 28 heavy (non-hydrogen) atoms. The van der Waals surface area contributed by atoms with Crippen LogP contribution in [0.15, 0.2) is 42.5 Å². The molecule has 0 bridgehead atoms. The van der Waals surface area contributed by atoms with Crippen LogP contribution >= 0.6 is 11.3 Å². The van der Waals surface area contributed by atoms with Gasteiger partial charge >= 0.3 is 0 Å². The standard InChI is InChI=1S/C20H18FN3O3S/c1-26-15-6-5-12(8-16(15)27-10-11-3-2-4-13(21)7-11)14-9-17(25)23-19-18(14)28-20(22)24-19/h2-8,14H,9-10H2,1H3,(H2,22,24)(H,23,25)/t14-/m0/s1. The summed E-state index contributed by atoms with van der Waals surface area (Å²) in [5.41, 5.74) is 7.43. The van der Waals surface area contributed by atoms with E-state index in [4.69, 9.17) is 15.2 Å². The maximum atomic E-state index is 13.4. The quantitative estimate of drug-likeness (QED) is 0.679. The number of ether oxygens (including phenoxy) is 2. The van der Waals surface area contributed by atoms with Crippen molar-refractivity contribution >= 4 is 28.2 Å². The first-order chi connectivity index (χ1) is 13.5. The summed E-state index contributed by atoms with van der Waals surface area (Å²) in [5.74, 6) is 1.01. The largest absolute Gasteiger partial charge is 0.493 e. The van der Waals surface area contributed by atoms with Crippen molar-refractivity contribution in [3.05, 3.63) is 64.3 Å². The van der Waals surface area contributed by atoms with Gasteiger partial charge in [-0.05, 0) is 35.4 Å². The van der Waals surface area contributed by atoms with Gasteiger partial charge < -0.3 is 20.5 Å². The van der Waals surface area contributed by atoms with Crippen molar-refractivity contribution in [3.63, 3.8) is 0 Å². The van der Waals surface area contributed by atoms with Gasteiger partial charge in [-0.15, -0.1) is 0 Å². The van der Waals surface area contributed by atoms with E-state index in [2.05, 4.69) is 10.3 Å². The van der Waals surface area contributed by atoms with E-state index in [9.17, 15) is 9.18 Å². The number of nitrogen functional groups attached to an aromatic ring is 1. The van der Waals surface area contributed by atoms with Crippen LogP contribution in [0.4, 0.5) is 15.3 Å². The third-order valence-electron chi connectivity index (χ3n) is 4.51. The number of benzene rings is 2. The maximum Gasteiger partial charge on any atom is 0.226 e. The molecule has 0 spiro atoms. The average molecular weight is 399 g/mol. The zero-order valence-electron chi connectivity index (χ0n) is 15.1. The van der Waals surface area contributed by atoms with Crippen LogP contribution in [0.3, 0.4) is 0 Å². The number of hydrogen-bond donors (Lipinski definition) is 2. The van der Waals surface area contributed by atoms with Crippen molar-refractivity contribution in [2.45, 2.75) is 18.9 Å². The van der Waals surface area contributed by atoms with Crippen molar-refractivity contribution in [1.82, 2.24) is 4.98 Å². The van der Waals surface area contributed by atoms with Crippen LogP contribution in [0.2, 0.25) is 0 Å². The smallest absolute Gasteiger partial charge is 0.226 e. The number of methoxy groups -OCH3 is 1. The first-order valence-corrected chi connectivity index (χ1v) is 9.46. The van der Waals surface area contributed by atoms with Crippen molar-refractivity contribution in [3.8, 4) is 11.5 Å². The number of halogens is 1. The number of anilines is 2. The molecular weight excluding hydrogens is 381 g/mol. The highest BCUT2D eigenvalue weighted by Gasteiger charge is 2.30. The van der Waals surface area contributed by atoms with E-state index in [-0.39, 0.29) is 24.2 Å². The summed E-state index contributed by atoms with van der Waals surface area (Å²) in [6, 6.07) is 11.8. The number of fused-ring (bicyclic) bond motifs is 1. The molecule has 2 aromatic carbocycles. The second-order valence-electron chi connectivity index (χ2n) is 6.40. The summed E-state index contributed by atoms with van der Waals surface area (Å²) in [6.45, 7) is 0.196. The Bertz CT molecular complexity index is 1040. The summed E-state index contributed by atoms with van der Waals surface area (Å²) in [4.78, 5) is 17.2. The van der Waals surface area contributed by atoms with Gasteiger partial charge in [0.15, 0.2) is 16.6 Å². The van der Waals surface area contributed by atoms with Gasteiger partial charge in [0.2, 0.25) is 5.91 Å². The molecule has 144 valence electrons. The molecule has 8 heteroatoms. The highest BCUT2D eigenvalue weighted by atomic mass is 32.1. The molecule has 0 aliphatic carbocycles. The lowest BCUT2D eigenvalue weighted by Crippen LogP contribution is -2.22. The van der Waals surface area contributed by atoms with E-state index < -0.39 is 0 Å². The van der Waals surface area contributed by atoms with Crippen molar-refractivity contribution in [2.24, 2.45) is 0 Å². The second kappa shape index (κ2) is 7.47. The first-order valence-electron chi connectivity index (χ1n) is 8.64. The lowest BCUT2D eigenvalue weighted by atomic mass is 9.91. The Morgan fingerprint density at radius 3 is 2.93 bits per heavy atom. The van der Waals surface area contributed by atoms with Gasteiger partial charge in [0.25, 0.3) is 0 Å². The topological polar surface area (TPSA) is 86.5 Å². The summed E-state index contributed by atoms with van der Waals surface area (Å²) in [5, 5.41) is 3.17. The lowest BCUT2D eigenvalue weighted by Gasteiger charge is -2.22. The SMILES string of the molecule is COc1ccc([C@@H]2CC(=O)Nc3nc(N)sc32)cc1OCc1cccc(F)c1. The second-order valence-corrected chi connectivity index (χ2v) is 7.46. The highest BCUT2D eigenvalue weighted by Crippen LogP contribution is 2.43. The molecular formula is C20H18FN3O3S. The number of nitrogens with one attached hydrogen (secondary N) is 1. The Hall–Kier alpha value is -3.13. The van der Waals surface area contributed by atoms with E-state index in [0.29, 0.717) is 34.4 Å². The predicted molar refractivity (Wildman–Crippen MR) is 105 cm³/mol. The molecule has 3 aromatic rings. The minimum atomic E-state index is -0.314. The van der Waals surface area contributed by atoms with E-state index in [1.54, 1.807) is 25.3 Å². The number of hydrogen-bond acceptors (Lipinski definition) is 6. The van der Waals surface area contributed by atoms with E-state index in [1.807, 2.05) is 12.1 Å². The van der Waals surface area contributed by atoms with Gasteiger partial charge in [0, 0.05) is 12.3 Å². The summed E-state index contributed by atoms with van der Waals surface area (Å²) < 4.78 is 24.7. The third-order valence-corrected chi connectivity index (χ3v) is 5.51. The van der Waals surface area contributed by atoms with Crippen LogP contribution < -0.4 is 20.5 Å². The molecule has 1 aliphatic heterocycles. The van der Waals surface area contributed by atoms with Gasteiger partial charge in [-0.1, -0.05) is 29.5 Å². The van der Waals surface area contributed by atoms with Gasteiger partial charge in [0.1, 0.15) is 18.2 Å². The van der Waals surface area contributed by atoms with Crippen LogP contribution in [0.25, 0.3) is 0 Å². The van der Waals surface area contributed by atoms with Crippen LogP contribution in [0.5, 0.6) is 11.5 Å². The average Bonchev–Trinajstić information content (AvgIpc) is 3.05. The maximum absolute atomic E-state index is 13.4. The van der Waals surface area contributed by atoms with E-state index >= 15 is 0 Å². The number of nitrogens with two attached hydrogens (primary N) is 1. The van der Waals surface area contributed by atoms with Gasteiger partial charge in [-0.2, -0.15) is 0 Å². The molecule has 0 radical (unpaired) electrons. The van der Waals surface area contributed by atoms with Gasteiger partial charge in [0.05, 0.1) is 12.0 Å². The monoisotopic (exact) mass is 399 g/mol. The Morgan fingerprint density at radius 2 is 2.14 bits per heavy atom. The number of carbonyl (C=O) groups excluding carboxylic acids is 1. The fraction of sp³-hybridized carbons (Fsp3) is 0.200. The molecule has 1 aliphatic rings. The Morgan fingerprint density at radius 1 is 1.29 bits per heavy atom. The Balaban J connectivity index is 1.64. The molecule has 6 nitrogen and oxygen atoms in total. The first kappa shape index (κ1) is 18.2. The van der Waals surface area contributed by atoms with Crippen molar-refractivity contribution < 1.29 is 18.7 Å².